The van der Waals surface area contributed by atoms with Crippen LogP contribution >= 0.6 is 11.6 Å². The first-order valence-corrected chi connectivity index (χ1v) is 6.86. The number of hydrogen-bond acceptors (Lipinski definition) is 5. The number of rotatable bonds is 3. The van der Waals surface area contributed by atoms with Crippen molar-refractivity contribution in [3.8, 4) is 6.07 Å². The third-order valence-electron chi connectivity index (χ3n) is 2.31. The molecule has 0 spiro atoms. The second kappa shape index (κ2) is 4.87. The molecule has 0 saturated heterocycles. The SMILES string of the molecule is Cn1ncnc1NS(=O)(=O)c1ccc(C#N)c(Cl)c1. The summed E-state index contributed by atoms with van der Waals surface area (Å²) in [5.41, 5.74) is 0.208. The molecule has 0 fully saturated rings. The summed E-state index contributed by atoms with van der Waals surface area (Å²) in [5, 5.41) is 12.6. The van der Waals surface area contributed by atoms with Gasteiger partial charge in [-0.15, -0.1) is 0 Å². The molecule has 1 heterocycles. The van der Waals surface area contributed by atoms with Crippen molar-refractivity contribution in [3.05, 3.63) is 35.1 Å². The number of sulfonamides is 1. The van der Waals surface area contributed by atoms with E-state index in [4.69, 9.17) is 16.9 Å². The van der Waals surface area contributed by atoms with Crippen LogP contribution in [0.15, 0.2) is 29.4 Å². The Bertz CT molecular complexity index is 762. The minimum atomic E-state index is -3.82. The number of nitrogens with zero attached hydrogens (tertiary/aromatic N) is 4. The largest absolute Gasteiger partial charge is 0.264 e. The van der Waals surface area contributed by atoms with E-state index in [-0.39, 0.29) is 21.4 Å². The van der Waals surface area contributed by atoms with Crippen LogP contribution in [0, 0.1) is 11.3 Å². The van der Waals surface area contributed by atoms with E-state index in [2.05, 4.69) is 14.8 Å². The maximum absolute atomic E-state index is 12.1. The number of nitrogens with one attached hydrogen (secondary N) is 1. The molecule has 0 aliphatic rings. The summed E-state index contributed by atoms with van der Waals surface area (Å²) < 4.78 is 27.7. The van der Waals surface area contributed by atoms with Crippen molar-refractivity contribution >= 4 is 27.6 Å². The van der Waals surface area contributed by atoms with Gasteiger partial charge in [0.05, 0.1) is 15.5 Å². The smallest absolute Gasteiger partial charge is 0.247 e. The van der Waals surface area contributed by atoms with Gasteiger partial charge in [0.15, 0.2) is 0 Å². The molecule has 0 atom stereocenters. The molecule has 2 aromatic rings. The van der Waals surface area contributed by atoms with Crippen molar-refractivity contribution in [2.24, 2.45) is 7.05 Å². The Kier molecular flexibility index (Phi) is 3.42. The summed E-state index contributed by atoms with van der Waals surface area (Å²) in [5.74, 6) is 0.0838. The molecule has 0 amide bonds. The lowest BCUT2D eigenvalue weighted by atomic mass is 10.2. The molecule has 19 heavy (non-hydrogen) atoms. The van der Waals surface area contributed by atoms with Gasteiger partial charge in [0.25, 0.3) is 10.0 Å². The number of benzene rings is 1. The van der Waals surface area contributed by atoms with Gasteiger partial charge in [0, 0.05) is 7.05 Å². The third kappa shape index (κ3) is 2.67. The fraction of sp³-hybridized carbons (Fsp3) is 0.100. The first kappa shape index (κ1) is 13.3. The van der Waals surface area contributed by atoms with Crippen LogP contribution in [0.25, 0.3) is 0 Å². The van der Waals surface area contributed by atoms with E-state index in [9.17, 15) is 8.42 Å². The van der Waals surface area contributed by atoms with E-state index < -0.39 is 10.0 Å². The standard InChI is InChI=1S/C10H8ClN5O2S/c1-16-10(13-6-14-16)15-19(17,18)8-3-2-7(5-12)9(11)4-8/h2-4,6H,1H3,(H,13,14,15). The van der Waals surface area contributed by atoms with Crippen LogP contribution in [-0.2, 0) is 17.1 Å². The van der Waals surface area contributed by atoms with E-state index >= 15 is 0 Å². The number of nitriles is 1. The maximum Gasteiger partial charge on any atom is 0.264 e. The van der Waals surface area contributed by atoms with Gasteiger partial charge >= 0.3 is 0 Å². The lowest BCUT2D eigenvalue weighted by Crippen LogP contribution is -2.16. The van der Waals surface area contributed by atoms with Crippen LogP contribution in [-0.4, -0.2) is 23.2 Å². The summed E-state index contributed by atoms with van der Waals surface area (Å²) in [6.07, 6.45) is 1.23. The molecule has 0 saturated carbocycles. The second-order valence-corrected chi connectivity index (χ2v) is 5.66. The Labute approximate surface area is 114 Å². The zero-order chi connectivity index (χ0) is 14.0. The molecular weight excluding hydrogens is 290 g/mol. The lowest BCUT2D eigenvalue weighted by molar-refractivity contribution is 0.600. The highest BCUT2D eigenvalue weighted by Crippen LogP contribution is 2.21. The highest BCUT2D eigenvalue weighted by molar-refractivity contribution is 7.92. The zero-order valence-electron chi connectivity index (χ0n) is 9.70. The predicted molar refractivity (Wildman–Crippen MR) is 68.0 cm³/mol. The minimum absolute atomic E-state index is 0.0560. The van der Waals surface area contributed by atoms with Crippen molar-refractivity contribution < 1.29 is 8.42 Å². The van der Waals surface area contributed by atoms with Crippen LogP contribution in [0.2, 0.25) is 5.02 Å². The van der Waals surface area contributed by atoms with Gasteiger partial charge in [-0.2, -0.15) is 15.3 Å². The van der Waals surface area contributed by atoms with E-state index in [0.717, 1.165) is 0 Å². The van der Waals surface area contributed by atoms with E-state index in [1.807, 2.05) is 6.07 Å². The van der Waals surface area contributed by atoms with Crippen molar-refractivity contribution in [2.75, 3.05) is 4.72 Å². The Morgan fingerprint density at radius 1 is 1.47 bits per heavy atom. The predicted octanol–water partition coefficient (Wildman–Crippen LogP) is 1.14. The highest BCUT2D eigenvalue weighted by atomic mass is 35.5. The molecule has 7 nitrogen and oxygen atoms in total. The fourth-order valence-corrected chi connectivity index (χ4v) is 2.67. The van der Waals surface area contributed by atoms with E-state index in [0.29, 0.717) is 0 Å². The van der Waals surface area contributed by atoms with E-state index in [1.54, 1.807) is 7.05 Å². The third-order valence-corrected chi connectivity index (χ3v) is 3.95. The van der Waals surface area contributed by atoms with Crippen LogP contribution in [0.4, 0.5) is 5.95 Å². The van der Waals surface area contributed by atoms with E-state index in [1.165, 1.54) is 29.2 Å². The average molecular weight is 298 g/mol. The lowest BCUT2D eigenvalue weighted by Gasteiger charge is -2.07. The van der Waals surface area contributed by atoms with Gasteiger partial charge in [0.2, 0.25) is 5.95 Å². The van der Waals surface area contributed by atoms with Gasteiger partial charge in [-0.1, -0.05) is 11.6 Å². The molecular formula is C10H8ClN5O2S. The summed E-state index contributed by atoms with van der Waals surface area (Å²) in [4.78, 5) is 3.70. The molecule has 98 valence electrons. The van der Waals surface area contributed by atoms with Crippen LogP contribution in [0.1, 0.15) is 5.56 Å². The molecule has 1 N–H and O–H groups in total. The Morgan fingerprint density at radius 2 is 2.21 bits per heavy atom. The molecule has 1 aromatic heterocycles. The van der Waals surface area contributed by atoms with Crippen molar-refractivity contribution in [3.63, 3.8) is 0 Å². The second-order valence-electron chi connectivity index (χ2n) is 3.57. The number of anilines is 1. The van der Waals surface area contributed by atoms with Gasteiger partial charge in [0.1, 0.15) is 12.4 Å². The first-order valence-electron chi connectivity index (χ1n) is 5.00. The summed E-state index contributed by atoms with van der Waals surface area (Å²) in [6, 6.07) is 5.70. The number of aromatic nitrogens is 3. The van der Waals surface area contributed by atoms with Crippen LogP contribution in [0.5, 0.6) is 0 Å². The molecule has 0 radical (unpaired) electrons. The Morgan fingerprint density at radius 3 is 2.74 bits per heavy atom. The van der Waals surface area contributed by atoms with Crippen LogP contribution in [0.3, 0.4) is 0 Å². The normalized spacial score (nSPS) is 11.0. The Hall–Kier alpha value is -2.11. The molecule has 9 heteroatoms. The van der Waals surface area contributed by atoms with Gasteiger partial charge < -0.3 is 0 Å². The fourth-order valence-electron chi connectivity index (χ4n) is 1.32. The molecule has 2 rings (SSSR count). The molecule has 0 aliphatic heterocycles. The van der Waals surface area contributed by atoms with Crippen molar-refractivity contribution in [1.29, 1.82) is 5.26 Å². The molecule has 0 bridgehead atoms. The zero-order valence-corrected chi connectivity index (χ0v) is 11.3. The van der Waals surface area contributed by atoms with Crippen molar-refractivity contribution in [1.82, 2.24) is 14.8 Å². The highest BCUT2D eigenvalue weighted by Gasteiger charge is 2.18. The molecule has 1 aromatic carbocycles. The summed E-state index contributed by atoms with van der Waals surface area (Å²) >= 11 is 5.80. The maximum atomic E-state index is 12.1. The van der Waals surface area contributed by atoms with Crippen LogP contribution < -0.4 is 4.72 Å². The molecule has 0 unspecified atom stereocenters. The average Bonchev–Trinajstić information content (AvgIpc) is 2.74. The summed E-state index contributed by atoms with van der Waals surface area (Å²) in [7, 11) is -2.27. The summed E-state index contributed by atoms with van der Waals surface area (Å²) in [6.45, 7) is 0. The van der Waals surface area contributed by atoms with Crippen molar-refractivity contribution in [2.45, 2.75) is 4.90 Å². The number of halogens is 1. The van der Waals surface area contributed by atoms with Gasteiger partial charge in [-0.3, -0.25) is 0 Å². The monoisotopic (exact) mass is 297 g/mol. The Balaban J connectivity index is 2.38. The molecule has 0 aliphatic carbocycles. The first-order chi connectivity index (χ1) is 8.94. The topological polar surface area (TPSA) is 101 Å². The van der Waals surface area contributed by atoms with Gasteiger partial charge in [-0.25, -0.2) is 17.8 Å². The van der Waals surface area contributed by atoms with Gasteiger partial charge in [-0.05, 0) is 18.2 Å². The number of hydrogen-bond donors (Lipinski definition) is 1. The minimum Gasteiger partial charge on any atom is -0.247 e. The number of aryl methyl sites for hydroxylation is 1. The quantitative estimate of drug-likeness (QED) is 0.915.